The van der Waals surface area contributed by atoms with E-state index in [1.54, 1.807) is 30.3 Å². The summed E-state index contributed by atoms with van der Waals surface area (Å²) < 4.78 is 36.8. The van der Waals surface area contributed by atoms with Crippen molar-refractivity contribution in [1.82, 2.24) is 4.98 Å². The predicted molar refractivity (Wildman–Crippen MR) is 151 cm³/mol. The fourth-order valence-electron chi connectivity index (χ4n) is 5.32. The third-order valence-electron chi connectivity index (χ3n) is 7.16. The molecule has 0 radical (unpaired) electrons. The first-order valence-corrected chi connectivity index (χ1v) is 13.5. The van der Waals surface area contributed by atoms with Crippen molar-refractivity contribution in [1.29, 1.82) is 0 Å². The molecule has 9 nitrogen and oxygen atoms in total. The van der Waals surface area contributed by atoms with Crippen LogP contribution in [-0.4, -0.2) is 49.2 Å². The van der Waals surface area contributed by atoms with Crippen LogP contribution in [0.2, 0.25) is 0 Å². The number of Topliss-reactive ketones (excluding diaryl/α,β-unsaturated/α-hetero) is 1. The molecule has 0 unspecified atom stereocenters. The summed E-state index contributed by atoms with van der Waals surface area (Å²) >= 11 is 1.06. The molecule has 3 heterocycles. The molecule has 6 rings (SSSR count). The number of carbonyl (C=O) groups is 2. The molecule has 210 valence electrons. The van der Waals surface area contributed by atoms with Crippen molar-refractivity contribution >= 4 is 44.1 Å². The van der Waals surface area contributed by atoms with E-state index in [1.807, 2.05) is 6.92 Å². The highest BCUT2D eigenvalue weighted by molar-refractivity contribution is 7.22. The summed E-state index contributed by atoms with van der Waals surface area (Å²) in [5.74, 6) is -0.967. The van der Waals surface area contributed by atoms with Crippen LogP contribution < -0.4 is 23.8 Å². The van der Waals surface area contributed by atoms with Gasteiger partial charge < -0.3 is 24.1 Å². The molecular formula is C30H25FN2O7S. The van der Waals surface area contributed by atoms with Crippen LogP contribution in [-0.2, 0) is 16.0 Å². The molecule has 1 fully saturated rings. The van der Waals surface area contributed by atoms with Gasteiger partial charge in [-0.2, -0.15) is 0 Å². The lowest BCUT2D eigenvalue weighted by atomic mass is 9.94. The second-order valence-corrected chi connectivity index (χ2v) is 10.7. The van der Waals surface area contributed by atoms with Gasteiger partial charge in [0.1, 0.15) is 23.4 Å². The number of ketones is 1. The number of anilines is 1. The van der Waals surface area contributed by atoms with Crippen LogP contribution >= 0.6 is 11.3 Å². The lowest BCUT2D eigenvalue weighted by Gasteiger charge is -2.24. The van der Waals surface area contributed by atoms with Crippen molar-refractivity contribution in [3.8, 4) is 23.0 Å². The number of thiazole rings is 1. The average Bonchev–Trinajstić information content (AvgIpc) is 3.63. The number of hydrogen-bond acceptors (Lipinski definition) is 9. The summed E-state index contributed by atoms with van der Waals surface area (Å²) in [4.78, 5) is 33.1. The molecule has 2 aliphatic heterocycles. The van der Waals surface area contributed by atoms with Gasteiger partial charge in [-0.15, -0.1) is 0 Å². The standard InChI is InChI=1S/C30H25FN2O7S/c1-14-9-16-10-15(5-8-20(16)40-14)26(34)24-25(17-11-21(37-2)28(39-4)22(12-17)38-3)33(29(36)27(24)35)30-32-19-7-6-18(31)13-23(19)41-30/h5-8,10-14,25,34H,9H2,1-4H3/b26-24+/t14-,25+/m1/s1. The van der Waals surface area contributed by atoms with Crippen molar-refractivity contribution in [2.24, 2.45) is 0 Å². The normalized spacial score (nSPS) is 19.4. The lowest BCUT2D eigenvalue weighted by molar-refractivity contribution is -0.132. The minimum absolute atomic E-state index is 0.0175. The highest BCUT2D eigenvalue weighted by atomic mass is 32.1. The Morgan fingerprint density at radius 2 is 1.78 bits per heavy atom. The molecule has 41 heavy (non-hydrogen) atoms. The van der Waals surface area contributed by atoms with Gasteiger partial charge in [0.15, 0.2) is 16.6 Å². The number of nitrogens with zero attached hydrogens (tertiary/aromatic N) is 2. The summed E-state index contributed by atoms with van der Waals surface area (Å²) in [6.45, 7) is 1.94. The van der Waals surface area contributed by atoms with Gasteiger partial charge in [-0.25, -0.2) is 9.37 Å². The second-order valence-electron chi connectivity index (χ2n) is 9.69. The first-order valence-electron chi connectivity index (χ1n) is 12.7. The smallest absolute Gasteiger partial charge is 0.301 e. The summed E-state index contributed by atoms with van der Waals surface area (Å²) in [5.41, 5.74) is 1.98. The molecule has 1 amide bonds. The summed E-state index contributed by atoms with van der Waals surface area (Å²) in [6.07, 6.45) is 0.625. The predicted octanol–water partition coefficient (Wildman–Crippen LogP) is 5.41. The Kier molecular flexibility index (Phi) is 6.53. The molecule has 2 aliphatic rings. The Hall–Kier alpha value is -4.64. The van der Waals surface area contributed by atoms with Gasteiger partial charge in [0.25, 0.3) is 5.78 Å². The second kappa shape index (κ2) is 10.1. The molecule has 0 spiro atoms. The van der Waals surface area contributed by atoms with E-state index in [1.165, 1.54) is 44.4 Å². The number of ether oxygens (including phenoxy) is 4. The monoisotopic (exact) mass is 576 g/mol. The van der Waals surface area contributed by atoms with E-state index in [0.717, 1.165) is 16.9 Å². The van der Waals surface area contributed by atoms with E-state index in [4.69, 9.17) is 18.9 Å². The van der Waals surface area contributed by atoms with Crippen LogP contribution in [0, 0.1) is 5.82 Å². The van der Waals surface area contributed by atoms with E-state index in [-0.39, 0.29) is 22.6 Å². The number of halogens is 1. The maximum Gasteiger partial charge on any atom is 0.301 e. The maximum absolute atomic E-state index is 14.0. The summed E-state index contributed by atoms with van der Waals surface area (Å²) in [7, 11) is 4.37. The van der Waals surface area contributed by atoms with Gasteiger partial charge in [-0.3, -0.25) is 14.5 Å². The van der Waals surface area contributed by atoms with Crippen molar-refractivity contribution in [3.05, 3.63) is 76.6 Å². The van der Waals surface area contributed by atoms with Crippen LogP contribution in [0.25, 0.3) is 16.0 Å². The minimum Gasteiger partial charge on any atom is -0.507 e. The number of aliphatic hydroxyl groups excluding tert-OH is 1. The zero-order chi connectivity index (χ0) is 29.0. The molecule has 4 aromatic rings. The molecule has 11 heteroatoms. The number of fused-ring (bicyclic) bond motifs is 2. The Bertz CT molecular complexity index is 1740. The van der Waals surface area contributed by atoms with Crippen LogP contribution in [0.4, 0.5) is 9.52 Å². The fourth-order valence-corrected chi connectivity index (χ4v) is 6.34. The van der Waals surface area contributed by atoms with Crippen LogP contribution in [0.5, 0.6) is 23.0 Å². The average molecular weight is 577 g/mol. The molecule has 0 aliphatic carbocycles. The third-order valence-corrected chi connectivity index (χ3v) is 8.18. The SMILES string of the molecule is COc1cc([C@H]2/C(=C(\O)c3ccc4c(c3)C[C@@H](C)O4)C(=O)C(=O)N2c2nc3ccc(F)cc3s2)cc(OC)c1OC. The number of methoxy groups -OCH3 is 3. The Morgan fingerprint density at radius 1 is 1.05 bits per heavy atom. The van der Waals surface area contributed by atoms with Crippen molar-refractivity contribution in [3.63, 3.8) is 0 Å². The molecule has 1 N–H and O–H groups in total. The Balaban J connectivity index is 1.59. The van der Waals surface area contributed by atoms with Crippen molar-refractivity contribution in [2.75, 3.05) is 26.2 Å². The third kappa shape index (κ3) is 4.33. The number of hydrogen-bond donors (Lipinski definition) is 1. The maximum atomic E-state index is 14.0. The van der Waals surface area contributed by atoms with Gasteiger partial charge in [-0.1, -0.05) is 11.3 Å². The number of benzene rings is 3. The highest BCUT2D eigenvalue weighted by Crippen LogP contribution is 2.48. The highest BCUT2D eigenvalue weighted by Gasteiger charge is 2.48. The van der Waals surface area contributed by atoms with Gasteiger partial charge in [0, 0.05) is 12.0 Å². The van der Waals surface area contributed by atoms with Crippen molar-refractivity contribution < 1.29 is 38.0 Å². The Labute approximate surface area is 238 Å². The molecular weight excluding hydrogens is 551 g/mol. The molecule has 3 aromatic carbocycles. The molecule has 1 aromatic heterocycles. The number of aliphatic hydroxyl groups is 1. The summed E-state index contributed by atoms with van der Waals surface area (Å²) in [6, 6.07) is 11.3. The van der Waals surface area contributed by atoms with Crippen molar-refractivity contribution in [2.45, 2.75) is 25.5 Å². The van der Waals surface area contributed by atoms with E-state index in [2.05, 4.69) is 4.98 Å². The first-order chi connectivity index (χ1) is 19.7. The largest absolute Gasteiger partial charge is 0.507 e. The number of amides is 1. The van der Waals surface area contributed by atoms with Crippen LogP contribution in [0.3, 0.4) is 0 Å². The molecule has 0 saturated carbocycles. The fraction of sp³-hybridized carbons (Fsp3) is 0.233. The zero-order valence-electron chi connectivity index (χ0n) is 22.6. The van der Waals surface area contributed by atoms with Gasteiger partial charge >= 0.3 is 5.91 Å². The molecule has 0 bridgehead atoms. The lowest BCUT2D eigenvalue weighted by Crippen LogP contribution is -2.29. The van der Waals surface area contributed by atoms with Gasteiger partial charge in [0.05, 0.1) is 43.2 Å². The quantitative estimate of drug-likeness (QED) is 0.185. The topological polar surface area (TPSA) is 107 Å². The minimum atomic E-state index is -1.11. The first kappa shape index (κ1) is 26.6. The van der Waals surface area contributed by atoms with Crippen LogP contribution in [0.1, 0.15) is 29.7 Å². The van der Waals surface area contributed by atoms with E-state index < -0.39 is 23.5 Å². The number of aromatic nitrogens is 1. The van der Waals surface area contributed by atoms with Gasteiger partial charge in [-0.05, 0) is 66.6 Å². The van der Waals surface area contributed by atoms with E-state index in [0.29, 0.717) is 50.8 Å². The van der Waals surface area contributed by atoms with Crippen LogP contribution in [0.15, 0.2) is 54.1 Å². The number of rotatable bonds is 6. The number of carbonyl (C=O) groups excluding carboxylic acids is 2. The summed E-state index contributed by atoms with van der Waals surface area (Å²) in [5, 5.41) is 11.8. The molecule has 2 atom stereocenters. The van der Waals surface area contributed by atoms with E-state index >= 15 is 0 Å². The van der Waals surface area contributed by atoms with E-state index in [9.17, 15) is 19.1 Å². The Morgan fingerprint density at radius 3 is 2.46 bits per heavy atom. The zero-order valence-corrected chi connectivity index (χ0v) is 23.4. The molecule has 1 saturated heterocycles. The van der Waals surface area contributed by atoms with Gasteiger partial charge in [0.2, 0.25) is 5.75 Å².